The lowest BCUT2D eigenvalue weighted by atomic mass is 9.70. The molecule has 16 heavy (non-hydrogen) atoms. The van der Waals surface area contributed by atoms with Crippen molar-refractivity contribution in [2.45, 2.75) is 38.9 Å². The number of hydrogen-bond donors (Lipinski definition) is 0. The summed E-state index contributed by atoms with van der Waals surface area (Å²) in [7, 11) is -3.72. The first kappa shape index (κ1) is 11.8. The Morgan fingerprint density at radius 2 is 1.94 bits per heavy atom. The predicted molar refractivity (Wildman–Crippen MR) is 61.9 cm³/mol. The minimum atomic E-state index is -3.72. The third kappa shape index (κ3) is 1.07. The average Bonchev–Trinajstić information content (AvgIpc) is 2.49. The lowest BCUT2D eigenvalue weighted by Crippen LogP contribution is -2.38. The van der Waals surface area contributed by atoms with Gasteiger partial charge in [-0.05, 0) is 24.2 Å². The van der Waals surface area contributed by atoms with E-state index in [9.17, 15) is 13.2 Å². The molecule has 0 amide bonds. The molecule has 0 aliphatic heterocycles. The highest BCUT2D eigenvalue weighted by molar-refractivity contribution is 7.91. The zero-order valence-electron chi connectivity index (χ0n) is 9.86. The van der Waals surface area contributed by atoms with Gasteiger partial charge in [-0.3, -0.25) is 4.79 Å². The fourth-order valence-corrected chi connectivity index (χ4v) is 5.01. The summed E-state index contributed by atoms with van der Waals surface area (Å²) in [5, 5.41) is -0.959. The van der Waals surface area contributed by atoms with Crippen LogP contribution in [0.25, 0.3) is 0 Å². The molecular formula is C11H17NO3S. The molecule has 2 bridgehead atoms. The molecule has 0 aromatic rings. The molecule has 0 spiro atoms. The highest BCUT2D eigenvalue weighted by Crippen LogP contribution is 2.64. The van der Waals surface area contributed by atoms with Crippen LogP contribution in [0.15, 0.2) is 4.40 Å². The van der Waals surface area contributed by atoms with Crippen LogP contribution < -0.4 is 0 Å². The van der Waals surface area contributed by atoms with Gasteiger partial charge in [0.25, 0.3) is 10.0 Å². The van der Waals surface area contributed by atoms with Gasteiger partial charge in [-0.15, -0.1) is 0 Å². The number of rotatable bonds is 2. The van der Waals surface area contributed by atoms with E-state index < -0.39 is 20.7 Å². The van der Waals surface area contributed by atoms with E-state index in [0.29, 0.717) is 0 Å². The van der Waals surface area contributed by atoms with Crippen molar-refractivity contribution in [2.24, 2.45) is 21.1 Å². The van der Waals surface area contributed by atoms with Gasteiger partial charge in [-0.1, -0.05) is 20.8 Å². The topological polar surface area (TPSA) is 63.6 Å². The van der Waals surface area contributed by atoms with E-state index in [1.54, 1.807) is 0 Å². The molecule has 5 heteroatoms. The summed E-state index contributed by atoms with van der Waals surface area (Å²) < 4.78 is 26.7. The van der Waals surface area contributed by atoms with Gasteiger partial charge in [0.1, 0.15) is 5.25 Å². The molecular weight excluding hydrogens is 226 g/mol. The van der Waals surface area contributed by atoms with Crippen molar-refractivity contribution in [1.82, 2.24) is 0 Å². The van der Waals surface area contributed by atoms with Crippen molar-refractivity contribution in [1.29, 1.82) is 0 Å². The monoisotopic (exact) mass is 243 g/mol. The Kier molecular flexibility index (Phi) is 2.16. The highest BCUT2D eigenvalue weighted by Gasteiger charge is 2.69. The van der Waals surface area contributed by atoms with Crippen LogP contribution in [0.1, 0.15) is 33.6 Å². The number of ketones is 1. The molecule has 2 fully saturated rings. The first-order chi connectivity index (χ1) is 7.18. The van der Waals surface area contributed by atoms with Crippen LogP contribution in [0, 0.1) is 16.7 Å². The smallest absolute Gasteiger partial charge is 0.262 e. The van der Waals surface area contributed by atoms with Gasteiger partial charge < -0.3 is 0 Å². The van der Waals surface area contributed by atoms with E-state index in [-0.39, 0.29) is 17.1 Å². The van der Waals surface area contributed by atoms with Crippen LogP contribution in [-0.2, 0) is 14.8 Å². The van der Waals surface area contributed by atoms with Gasteiger partial charge in [-0.2, -0.15) is 4.40 Å². The van der Waals surface area contributed by atoms with E-state index in [1.807, 2.05) is 20.8 Å². The SMILES string of the molecule is C=NS(=O)(=O)C1C(=O)C2(C)CCC1C2(C)C. The van der Waals surface area contributed by atoms with Gasteiger partial charge in [0.15, 0.2) is 5.78 Å². The van der Waals surface area contributed by atoms with Gasteiger partial charge in [0, 0.05) is 12.1 Å². The van der Waals surface area contributed by atoms with Crippen LogP contribution in [0.4, 0.5) is 0 Å². The molecule has 3 atom stereocenters. The number of Topliss-reactive ketones (excluding diaryl/α,β-unsaturated/α-hetero) is 1. The molecule has 2 aliphatic carbocycles. The number of carbonyl (C=O) groups excluding carboxylic acids is 1. The standard InChI is InChI=1S/C11H17NO3S/c1-10(2)7-5-6-11(10,3)9(13)8(7)16(14,15)12-4/h7-8H,4-6H2,1-3H3. The quantitative estimate of drug-likeness (QED) is 0.689. The van der Waals surface area contributed by atoms with Crippen molar-refractivity contribution in [2.75, 3.05) is 0 Å². The van der Waals surface area contributed by atoms with Gasteiger partial charge in [-0.25, -0.2) is 8.42 Å². The van der Waals surface area contributed by atoms with Crippen molar-refractivity contribution < 1.29 is 13.2 Å². The Morgan fingerprint density at radius 3 is 2.31 bits per heavy atom. The van der Waals surface area contributed by atoms with E-state index in [1.165, 1.54) is 0 Å². The molecule has 0 radical (unpaired) electrons. The van der Waals surface area contributed by atoms with Crippen molar-refractivity contribution in [3.05, 3.63) is 0 Å². The van der Waals surface area contributed by atoms with E-state index in [0.717, 1.165) is 12.8 Å². The maximum absolute atomic E-state index is 12.2. The molecule has 4 nitrogen and oxygen atoms in total. The zero-order chi connectivity index (χ0) is 12.4. The van der Waals surface area contributed by atoms with E-state index in [4.69, 9.17) is 0 Å². The Bertz CT molecular complexity index is 466. The Balaban J connectivity index is 2.57. The molecule has 0 aromatic heterocycles. The van der Waals surface area contributed by atoms with Crippen molar-refractivity contribution in [3.8, 4) is 0 Å². The second kappa shape index (κ2) is 2.94. The fraction of sp³-hybridized carbons (Fsp3) is 0.818. The maximum atomic E-state index is 12.2. The summed E-state index contributed by atoms with van der Waals surface area (Å²) in [6.45, 7) is 8.93. The number of fused-ring (bicyclic) bond motifs is 2. The van der Waals surface area contributed by atoms with E-state index in [2.05, 4.69) is 11.1 Å². The summed E-state index contributed by atoms with van der Waals surface area (Å²) in [4.78, 5) is 12.2. The minimum absolute atomic E-state index is 0.111. The van der Waals surface area contributed by atoms with Crippen LogP contribution in [-0.4, -0.2) is 26.2 Å². The van der Waals surface area contributed by atoms with Gasteiger partial charge in [0.2, 0.25) is 0 Å². The maximum Gasteiger partial charge on any atom is 0.262 e. The molecule has 0 N–H and O–H groups in total. The second-order valence-corrected chi connectivity index (χ2v) is 7.42. The predicted octanol–water partition coefficient (Wildman–Crippen LogP) is 1.41. The lowest BCUT2D eigenvalue weighted by molar-refractivity contribution is -0.127. The normalized spacial score (nSPS) is 41.3. The first-order valence-corrected chi connectivity index (χ1v) is 6.95. The third-order valence-corrected chi connectivity index (χ3v) is 6.52. The zero-order valence-corrected chi connectivity index (χ0v) is 10.7. The molecule has 2 rings (SSSR count). The summed E-state index contributed by atoms with van der Waals surface area (Å²) >= 11 is 0. The number of hydrogen-bond acceptors (Lipinski definition) is 3. The molecule has 2 aliphatic rings. The molecule has 90 valence electrons. The number of sulfonamides is 1. The molecule has 0 aromatic carbocycles. The second-order valence-electron chi connectivity index (χ2n) is 5.63. The lowest BCUT2D eigenvalue weighted by Gasteiger charge is -2.32. The van der Waals surface area contributed by atoms with Crippen LogP contribution in [0.2, 0.25) is 0 Å². The number of carbonyl (C=O) groups is 1. The van der Waals surface area contributed by atoms with Gasteiger partial charge in [0.05, 0.1) is 0 Å². The van der Waals surface area contributed by atoms with Crippen molar-refractivity contribution >= 4 is 22.5 Å². The molecule has 3 unspecified atom stereocenters. The molecule has 2 saturated carbocycles. The van der Waals surface area contributed by atoms with Crippen molar-refractivity contribution in [3.63, 3.8) is 0 Å². The summed E-state index contributed by atoms with van der Waals surface area (Å²) in [5.41, 5.74) is -0.771. The average molecular weight is 243 g/mol. The van der Waals surface area contributed by atoms with Crippen LogP contribution >= 0.6 is 0 Å². The number of nitrogens with zero attached hydrogens (tertiary/aromatic N) is 1. The first-order valence-electron chi connectivity index (χ1n) is 5.44. The fourth-order valence-electron chi connectivity index (χ4n) is 3.43. The van der Waals surface area contributed by atoms with Crippen LogP contribution in [0.3, 0.4) is 0 Å². The Hall–Kier alpha value is -0.710. The molecule has 0 heterocycles. The minimum Gasteiger partial charge on any atom is -0.298 e. The summed E-state index contributed by atoms with van der Waals surface area (Å²) in [6, 6.07) is 0. The van der Waals surface area contributed by atoms with Crippen LogP contribution in [0.5, 0.6) is 0 Å². The Morgan fingerprint density at radius 1 is 1.38 bits per heavy atom. The van der Waals surface area contributed by atoms with Gasteiger partial charge >= 0.3 is 0 Å². The summed E-state index contributed by atoms with van der Waals surface area (Å²) in [5.74, 6) is -0.276. The highest BCUT2D eigenvalue weighted by atomic mass is 32.2. The summed E-state index contributed by atoms with van der Waals surface area (Å²) in [6.07, 6.45) is 1.57. The largest absolute Gasteiger partial charge is 0.298 e. The molecule has 0 saturated heterocycles. The van der Waals surface area contributed by atoms with E-state index >= 15 is 0 Å². The third-order valence-electron chi connectivity index (χ3n) is 4.97. The Labute approximate surface area is 96.2 Å².